The first-order valence-corrected chi connectivity index (χ1v) is 9.46. The van der Waals surface area contributed by atoms with Crippen molar-refractivity contribution in [3.8, 4) is 11.4 Å². The van der Waals surface area contributed by atoms with Crippen LogP contribution >= 0.6 is 0 Å². The number of hydrogen-bond donors (Lipinski definition) is 0. The van der Waals surface area contributed by atoms with E-state index in [1.807, 2.05) is 30.3 Å². The molecule has 0 bridgehead atoms. The second-order valence-corrected chi connectivity index (χ2v) is 7.17. The molecule has 1 saturated heterocycles. The number of hydrogen-bond acceptors (Lipinski definition) is 6. The fraction of sp³-hybridized carbons (Fsp3) is 0.286. The van der Waals surface area contributed by atoms with Gasteiger partial charge in [-0.05, 0) is 25.8 Å². The third-order valence-corrected chi connectivity index (χ3v) is 5.18. The lowest BCUT2D eigenvalue weighted by atomic mass is 9.97. The van der Waals surface area contributed by atoms with E-state index in [0.29, 0.717) is 35.9 Å². The fourth-order valence-electron chi connectivity index (χ4n) is 3.59. The van der Waals surface area contributed by atoms with E-state index in [1.54, 1.807) is 24.0 Å². The van der Waals surface area contributed by atoms with Crippen molar-refractivity contribution in [1.29, 1.82) is 0 Å². The smallest absolute Gasteiger partial charge is 0.273 e. The van der Waals surface area contributed by atoms with Crippen LogP contribution < -0.4 is 0 Å². The molecule has 3 aromatic rings. The number of benzene rings is 2. The second kappa shape index (κ2) is 7.83. The largest absolute Gasteiger partial charge is 0.339 e. The van der Waals surface area contributed by atoms with Crippen LogP contribution in [0.5, 0.6) is 0 Å². The highest BCUT2D eigenvalue weighted by Gasteiger charge is 2.30. The zero-order valence-corrected chi connectivity index (χ0v) is 15.9. The molecular weight excluding hydrogens is 372 g/mol. The molecule has 8 nitrogen and oxygen atoms in total. The monoisotopic (exact) mass is 392 g/mol. The van der Waals surface area contributed by atoms with E-state index in [4.69, 9.17) is 4.52 Å². The Labute approximate surface area is 167 Å². The van der Waals surface area contributed by atoms with E-state index >= 15 is 0 Å². The molecule has 1 atom stereocenters. The van der Waals surface area contributed by atoms with Crippen LogP contribution in [0.1, 0.15) is 40.6 Å². The van der Waals surface area contributed by atoms with Crippen molar-refractivity contribution in [2.24, 2.45) is 0 Å². The number of nitrogens with zero attached hydrogens (tertiary/aromatic N) is 4. The Bertz CT molecular complexity index is 1050. The number of carbonyl (C=O) groups is 1. The normalized spacial score (nSPS) is 16.6. The van der Waals surface area contributed by atoms with Gasteiger partial charge in [0.25, 0.3) is 11.6 Å². The Kier molecular flexibility index (Phi) is 5.07. The lowest BCUT2D eigenvalue weighted by Gasteiger charge is -2.31. The molecule has 29 heavy (non-hydrogen) atoms. The summed E-state index contributed by atoms with van der Waals surface area (Å²) in [6, 6.07) is 14.2. The average molecular weight is 392 g/mol. The van der Waals surface area contributed by atoms with Gasteiger partial charge in [-0.25, -0.2) is 0 Å². The summed E-state index contributed by atoms with van der Waals surface area (Å²) in [5.74, 6) is 0.758. The second-order valence-electron chi connectivity index (χ2n) is 7.17. The van der Waals surface area contributed by atoms with Crippen molar-refractivity contribution >= 4 is 11.6 Å². The number of likely N-dealkylation sites (tertiary alicyclic amines) is 1. The molecule has 2 aromatic carbocycles. The molecule has 4 rings (SSSR count). The van der Waals surface area contributed by atoms with Crippen LogP contribution in [0.15, 0.2) is 53.1 Å². The molecule has 1 aromatic heterocycles. The van der Waals surface area contributed by atoms with Gasteiger partial charge in [0.05, 0.1) is 10.8 Å². The number of amides is 1. The molecule has 2 heterocycles. The Morgan fingerprint density at radius 2 is 2.03 bits per heavy atom. The summed E-state index contributed by atoms with van der Waals surface area (Å²) in [5, 5.41) is 15.2. The summed E-state index contributed by atoms with van der Waals surface area (Å²) < 4.78 is 5.47. The summed E-state index contributed by atoms with van der Waals surface area (Å²) in [6.07, 6.45) is 1.64. The summed E-state index contributed by atoms with van der Waals surface area (Å²) in [7, 11) is 0. The Hall–Kier alpha value is -3.55. The average Bonchev–Trinajstić information content (AvgIpc) is 3.24. The van der Waals surface area contributed by atoms with Gasteiger partial charge in [-0.3, -0.25) is 14.9 Å². The molecule has 0 spiro atoms. The summed E-state index contributed by atoms with van der Waals surface area (Å²) in [6.45, 7) is 2.69. The molecular formula is C21H20N4O4. The molecule has 1 aliphatic heterocycles. The number of aromatic nitrogens is 2. The number of carbonyl (C=O) groups excluding carboxylic acids is 1. The van der Waals surface area contributed by atoms with Crippen molar-refractivity contribution in [1.82, 2.24) is 15.0 Å². The predicted molar refractivity (Wildman–Crippen MR) is 105 cm³/mol. The number of aryl methyl sites for hydroxylation is 1. The number of nitro benzene ring substituents is 1. The van der Waals surface area contributed by atoms with Gasteiger partial charge < -0.3 is 9.42 Å². The summed E-state index contributed by atoms with van der Waals surface area (Å²) >= 11 is 0. The minimum Gasteiger partial charge on any atom is -0.339 e. The molecule has 148 valence electrons. The van der Waals surface area contributed by atoms with Crippen molar-refractivity contribution in [2.45, 2.75) is 25.7 Å². The molecule has 1 fully saturated rings. The molecule has 0 aliphatic carbocycles. The third kappa shape index (κ3) is 3.87. The van der Waals surface area contributed by atoms with Crippen LogP contribution in [0.2, 0.25) is 0 Å². The summed E-state index contributed by atoms with van der Waals surface area (Å²) in [5.41, 5.74) is 1.67. The lowest BCUT2D eigenvalue weighted by molar-refractivity contribution is -0.385. The van der Waals surface area contributed by atoms with Crippen molar-refractivity contribution < 1.29 is 14.2 Å². The first-order valence-electron chi connectivity index (χ1n) is 9.46. The highest BCUT2D eigenvalue weighted by atomic mass is 16.6. The van der Waals surface area contributed by atoms with E-state index < -0.39 is 4.92 Å². The lowest BCUT2D eigenvalue weighted by Crippen LogP contribution is -2.39. The van der Waals surface area contributed by atoms with Gasteiger partial charge in [-0.2, -0.15) is 4.98 Å². The Balaban J connectivity index is 1.52. The van der Waals surface area contributed by atoms with Crippen LogP contribution in [0, 0.1) is 17.0 Å². The molecule has 0 radical (unpaired) electrons. The van der Waals surface area contributed by atoms with E-state index in [2.05, 4.69) is 10.1 Å². The predicted octanol–water partition coefficient (Wildman–Crippen LogP) is 3.97. The Morgan fingerprint density at radius 1 is 1.24 bits per heavy atom. The molecule has 1 amide bonds. The van der Waals surface area contributed by atoms with E-state index in [0.717, 1.165) is 18.4 Å². The first-order chi connectivity index (χ1) is 14.0. The molecule has 0 unspecified atom stereocenters. The minimum atomic E-state index is -0.464. The van der Waals surface area contributed by atoms with Gasteiger partial charge in [-0.15, -0.1) is 0 Å². The Morgan fingerprint density at radius 3 is 2.79 bits per heavy atom. The standard InChI is InChI=1S/C21H20N4O4/c1-14-9-10-16(12-18(14)25(27)28)21(26)24-11-5-8-17(13-24)20-22-19(23-29-20)15-6-3-2-4-7-15/h2-4,6-7,9-10,12,17H,5,8,11,13H2,1H3/t17-/m1/s1. The minimum absolute atomic E-state index is 0.0474. The summed E-state index contributed by atoms with van der Waals surface area (Å²) in [4.78, 5) is 29.9. The van der Waals surface area contributed by atoms with Crippen LogP contribution in [0.4, 0.5) is 5.69 Å². The van der Waals surface area contributed by atoms with Crippen LogP contribution in [-0.2, 0) is 0 Å². The third-order valence-electron chi connectivity index (χ3n) is 5.18. The SMILES string of the molecule is Cc1ccc(C(=O)N2CCC[C@@H](c3nc(-c4ccccc4)no3)C2)cc1[N+](=O)[O-]. The maximum atomic E-state index is 12.9. The van der Waals surface area contributed by atoms with Gasteiger partial charge in [0, 0.05) is 35.8 Å². The van der Waals surface area contributed by atoms with Crippen LogP contribution in [-0.4, -0.2) is 39.0 Å². The quantitative estimate of drug-likeness (QED) is 0.492. The molecule has 0 N–H and O–H groups in total. The maximum absolute atomic E-state index is 12.9. The zero-order chi connectivity index (χ0) is 20.4. The van der Waals surface area contributed by atoms with Gasteiger partial charge in [0.1, 0.15) is 0 Å². The van der Waals surface area contributed by atoms with Gasteiger partial charge in [-0.1, -0.05) is 41.6 Å². The first kappa shape index (κ1) is 18.8. The molecule has 8 heteroatoms. The molecule has 0 saturated carbocycles. The van der Waals surface area contributed by atoms with Gasteiger partial charge in [0.15, 0.2) is 0 Å². The topological polar surface area (TPSA) is 102 Å². The highest BCUT2D eigenvalue weighted by molar-refractivity contribution is 5.95. The van der Waals surface area contributed by atoms with Gasteiger partial charge >= 0.3 is 0 Å². The fourth-order valence-corrected chi connectivity index (χ4v) is 3.59. The van der Waals surface area contributed by atoms with E-state index in [1.165, 1.54) is 6.07 Å². The maximum Gasteiger partial charge on any atom is 0.273 e. The van der Waals surface area contributed by atoms with Crippen LogP contribution in [0.25, 0.3) is 11.4 Å². The van der Waals surface area contributed by atoms with Crippen LogP contribution in [0.3, 0.4) is 0 Å². The van der Waals surface area contributed by atoms with Crippen molar-refractivity contribution in [2.75, 3.05) is 13.1 Å². The number of rotatable bonds is 4. The molecule has 1 aliphatic rings. The van der Waals surface area contributed by atoms with E-state index in [-0.39, 0.29) is 17.5 Å². The van der Waals surface area contributed by atoms with Crippen molar-refractivity contribution in [3.63, 3.8) is 0 Å². The van der Waals surface area contributed by atoms with Crippen molar-refractivity contribution in [3.05, 3.63) is 75.7 Å². The number of nitro groups is 1. The number of piperidine rings is 1. The zero-order valence-electron chi connectivity index (χ0n) is 15.9. The van der Waals surface area contributed by atoms with E-state index in [9.17, 15) is 14.9 Å². The van der Waals surface area contributed by atoms with Gasteiger partial charge in [0.2, 0.25) is 11.7 Å². The highest BCUT2D eigenvalue weighted by Crippen LogP contribution is 2.29.